The predicted octanol–water partition coefficient (Wildman–Crippen LogP) is 1.83. The first-order chi connectivity index (χ1) is 13.5. The Bertz CT molecular complexity index is 1080. The summed E-state index contributed by atoms with van der Waals surface area (Å²) in [6.07, 6.45) is 0.186. The number of rotatable bonds is 4. The van der Waals surface area contributed by atoms with Crippen LogP contribution in [0.15, 0.2) is 48.5 Å². The van der Waals surface area contributed by atoms with Crippen molar-refractivity contribution >= 4 is 40.3 Å². The van der Waals surface area contributed by atoms with Crippen LogP contribution < -0.4 is 11.1 Å². The molecule has 0 bridgehead atoms. The van der Waals surface area contributed by atoms with Crippen LogP contribution in [0.3, 0.4) is 0 Å². The fourth-order valence-corrected chi connectivity index (χ4v) is 3.42. The predicted molar refractivity (Wildman–Crippen MR) is 101 cm³/mol. The number of urea groups is 1. The number of aromatic amines is 1. The summed E-state index contributed by atoms with van der Waals surface area (Å²) in [5.41, 5.74) is 7.77. The van der Waals surface area contributed by atoms with E-state index in [1.54, 1.807) is 48.5 Å². The van der Waals surface area contributed by atoms with Gasteiger partial charge in [-0.1, -0.05) is 24.3 Å². The van der Waals surface area contributed by atoms with E-state index in [1.165, 1.54) is 0 Å². The Morgan fingerprint density at radius 1 is 1.21 bits per heavy atom. The summed E-state index contributed by atoms with van der Waals surface area (Å²) in [4.78, 5) is 37.4. The van der Waals surface area contributed by atoms with E-state index in [9.17, 15) is 19.5 Å². The highest BCUT2D eigenvalue weighted by molar-refractivity contribution is 6.11. The molecule has 5 N–H and O–H groups in total. The molecule has 2 heterocycles. The first kappa shape index (κ1) is 17.5. The number of amides is 3. The third-order valence-corrected chi connectivity index (χ3v) is 4.82. The number of anilines is 2. The van der Waals surface area contributed by atoms with Crippen molar-refractivity contribution in [3.05, 3.63) is 54.1 Å². The number of H-pyrrole nitrogens is 1. The standard InChI is InChI=1S/C19H17N5O4/c20-16-12-8-10(6-7-14(12)22-23-16)9-13-15(18(26)27)24(17(13)25)19(28)21-11-4-2-1-3-5-11/h1-8,13,15H,9H2,(H,21,28)(H,26,27)(H3,20,22,23)/t13-,15+/m1/s1. The molecule has 0 aliphatic carbocycles. The van der Waals surface area contributed by atoms with Crippen LogP contribution in [0.25, 0.3) is 10.9 Å². The molecular weight excluding hydrogens is 362 g/mol. The maximum absolute atomic E-state index is 12.6. The van der Waals surface area contributed by atoms with Crippen molar-refractivity contribution in [2.24, 2.45) is 5.92 Å². The summed E-state index contributed by atoms with van der Waals surface area (Å²) >= 11 is 0. The lowest BCUT2D eigenvalue weighted by atomic mass is 9.82. The molecule has 3 aromatic rings. The van der Waals surface area contributed by atoms with Gasteiger partial charge in [0.2, 0.25) is 5.91 Å². The maximum atomic E-state index is 12.6. The highest BCUT2D eigenvalue weighted by Gasteiger charge is 2.54. The number of carbonyl (C=O) groups is 3. The van der Waals surface area contributed by atoms with Gasteiger partial charge in [-0.25, -0.2) is 14.5 Å². The minimum absolute atomic E-state index is 0.186. The quantitative estimate of drug-likeness (QED) is 0.510. The molecule has 142 valence electrons. The van der Waals surface area contributed by atoms with E-state index in [0.29, 0.717) is 16.9 Å². The number of aliphatic carboxylic acids is 1. The molecule has 9 heteroatoms. The number of nitrogens with zero attached hydrogens (tertiary/aromatic N) is 2. The zero-order chi connectivity index (χ0) is 19.8. The smallest absolute Gasteiger partial charge is 0.329 e. The number of nitrogens with one attached hydrogen (secondary N) is 2. The first-order valence-corrected chi connectivity index (χ1v) is 8.60. The van der Waals surface area contributed by atoms with E-state index in [0.717, 1.165) is 16.0 Å². The van der Waals surface area contributed by atoms with Crippen molar-refractivity contribution in [2.75, 3.05) is 11.1 Å². The van der Waals surface area contributed by atoms with E-state index < -0.39 is 29.9 Å². The largest absolute Gasteiger partial charge is 0.480 e. The monoisotopic (exact) mass is 379 g/mol. The number of likely N-dealkylation sites (tertiary alicyclic amines) is 1. The first-order valence-electron chi connectivity index (χ1n) is 8.60. The molecular formula is C19H17N5O4. The summed E-state index contributed by atoms with van der Waals surface area (Å²) in [6.45, 7) is 0. The lowest BCUT2D eigenvalue weighted by molar-refractivity contribution is -0.165. The second kappa shape index (κ2) is 6.69. The van der Waals surface area contributed by atoms with Crippen LogP contribution in [-0.2, 0) is 16.0 Å². The molecule has 1 aliphatic heterocycles. The number of para-hydroxylation sites is 1. The van der Waals surface area contributed by atoms with Gasteiger partial charge in [-0.15, -0.1) is 0 Å². The number of nitrogens with two attached hydrogens (primary N) is 1. The van der Waals surface area contributed by atoms with E-state index in [-0.39, 0.29) is 6.42 Å². The van der Waals surface area contributed by atoms with E-state index in [4.69, 9.17) is 5.73 Å². The summed E-state index contributed by atoms with van der Waals surface area (Å²) < 4.78 is 0. The molecule has 1 aromatic heterocycles. The lowest BCUT2D eigenvalue weighted by Crippen LogP contribution is -2.67. The average molecular weight is 379 g/mol. The van der Waals surface area contributed by atoms with E-state index in [1.807, 2.05) is 0 Å². The molecule has 3 amide bonds. The Labute approximate surface area is 159 Å². The summed E-state index contributed by atoms with van der Waals surface area (Å²) in [5, 5.41) is 19.5. The summed E-state index contributed by atoms with van der Waals surface area (Å²) in [6, 6.07) is 11.9. The van der Waals surface area contributed by atoms with Gasteiger partial charge >= 0.3 is 12.0 Å². The Morgan fingerprint density at radius 2 is 1.96 bits per heavy atom. The van der Waals surface area contributed by atoms with Gasteiger partial charge in [-0.05, 0) is 36.2 Å². The number of hydrogen-bond donors (Lipinski definition) is 4. The second-order valence-electron chi connectivity index (χ2n) is 6.59. The zero-order valence-corrected chi connectivity index (χ0v) is 14.6. The number of carboxylic acids is 1. The number of aromatic nitrogens is 2. The molecule has 0 unspecified atom stereocenters. The molecule has 28 heavy (non-hydrogen) atoms. The van der Waals surface area contributed by atoms with Crippen LogP contribution in [0, 0.1) is 5.92 Å². The Balaban J connectivity index is 1.53. The van der Waals surface area contributed by atoms with E-state index in [2.05, 4.69) is 15.5 Å². The molecule has 1 saturated heterocycles. The van der Waals surface area contributed by atoms with Crippen molar-refractivity contribution in [1.82, 2.24) is 15.1 Å². The fraction of sp³-hybridized carbons (Fsp3) is 0.158. The third-order valence-electron chi connectivity index (χ3n) is 4.82. The van der Waals surface area contributed by atoms with Crippen LogP contribution in [0.5, 0.6) is 0 Å². The Kier molecular flexibility index (Phi) is 4.19. The fourth-order valence-electron chi connectivity index (χ4n) is 3.42. The molecule has 1 fully saturated rings. The maximum Gasteiger partial charge on any atom is 0.329 e. The molecule has 4 rings (SSSR count). The van der Waals surface area contributed by atoms with Gasteiger partial charge in [0.15, 0.2) is 11.9 Å². The topological polar surface area (TPSA) is 141 Å². The van der Waals surface area contributed by atoms with Crippen LogP contribution in [-0.4, -0.2) is 44.2 Å². The Hall–Kier alpha value is -3.88. The molecule has 1 aliphatic rings. The molecule has 0 saturated carbocycles. The van der Waals surface area contributed by atoms with Gasteiger partial charge in [0.05, 0.1) is 11.4 Å². The Morgan fingerprint density at radius 3 is 2.68 bits per heavy atom. The van der Waals surface area contributed by atoms with Crippen molar-refractivity contribution in [1.29, 1.82) is 0 Å². The van der Waals surface area contributed by atoms with E-state index >= 15 is 0 Å². The number of carboxylic acid groups (broad SMARTS) is 1. The average Bonchev–Trinajstić information content (AvgIpc) is 3.04. The minimum Gasteiger partial charge on any atom is -0.480 e. The van der Waals surface area contributed by atoms with Crippen LogP contribution >= 0.6 is 0 Å². The van der Waals surface area contributed by atoms with Crippen LogP contribution in [0.2, 0.25) is 0 Å². The van der Waals surface area contributed by atoms with Gasteiger partial charge in [0.25, 0.3) is 0 Å². The zero-order valence-electron chi connectivity index (χ0n) is 14.6. The lowest BCUT2D eigenvalue weighted by Gasteiger charge is -2.42. The normalized spacial score (nSPS) is 18.7. The van der Waals surface area contributed by atoms with Crippen molar-refractivity contribution in [3.63, 3.8) is 0 Å². The number of benzene rings is 2. The van der Waals surface area contributed by atoms with Gasteiger partial charge in [-0.3, -0.25) is 9.89 Å². The SMILES string of the molecule is Nc1n[nH]c2ccc(C[C@H]3C(=O)N(C(=O)Nc4ccccc4)[C@@H]3C(=O)O)cc12. The summed E-state index contributed by atoms with van der Waals surface area (Å²) in [5.74, 6) is -2.25. The van der Waals surface area contributed by atoms with Gasteiger partial charge in [-0.2, -0.15) is 5.10 Å². The third kappa shape index (κ3) is 2.92. The van der Waals surface area contributed by atoms with Crippen LogP contribution in [0.1, 0.15) is 5.56 Å². The number of nitrogen functional groups attached to an aromatic ring is 1. The molecule has 2 aromatic carbocycles. The molecule has 9 nitrogen and oxygen atoms in total. The second-order valence-corrected chi connectivity index (χ2v) is 6.59. The number of imide groups is 1. The van der Waals surface area contributed by atoms with Crippen molar-refractivity contribution in [2.45, 2.75) is 12.5 Å². The highest BCUT2D eigenvalue weighted by Crippen LogP contribution is 2.32. The van der Waals surface area contributed by atoms with Gasteiger partial charge < -0.3 is 16.2 Å². The number of hydrogen-bond acceptors (Lipinski definition) is 5. The van der Waals surface area contributed by atoms with Gasteiger partial charge in [0, 0.05) is 11.1 Å². The number of carbonyl (C=O) groups excluding carboxylic acids is 2. The molecule has 2 atom stereocenters. The minimum atomic E-state index is -1.23. The van der Waals surface area contributed by atoms with Crippen LogP contribution in [0.4, 0.5) is 16.3 Å². The van der Waals surface area contributed by atoms with Crippen molar-refractivity contribution < 1.29 is 19.5 Å². The van der Waals surface area contributed by atoms with Crippen molar-refractivity contribution in [3.8, 4) is 0 Å². The summed E-state index contributed by atoms with van der Waals surface area (Å²) in [7, 11) is 0. The molecule has 0 radical (unpaired) electrons. The molecule has 0 spiro atoms. The van der Waals surface area contributed by atoms with Gasteiger partial charge in [0.1, 0.15) is 0 Å². The number of β-lactam (4-membered cyclic amide) rings is 1. The highest BCUT2D eigenvalue weighted by atomic mass is 16.4. The number of fused-ring (bicyclic) bond motifs is 1.